The van der Waals surface area contributed by atoms with Crippen LogP contribution in [0.1, 0.15) is 19.3 Å². The monoisotopic (exact) mass is 401 g/mol. The quantitative estimate of drug-likeness (QED) is 0.191. The van der Waals surface area contributed by atoms with Gasteiger partial charge in [-0.2, -0.15) is 0 Å². The summed E-state index contributed by atoms with van der Waals surface area (Å²) < 4.78 is 0. The summed E-state index contributed by atoms with van der Waals surface area (Å²) in [6.45, 7) is 1.47. The molecule has 0 bridgehead atoms. The van der Waals surface area contributed by atoms with Gasteiger partial charge in [-0.1, -0.05) is 5.92 Å². The third-order valence-electron chi connectivity index (χ3n) is 3.16. The third-order valence-corrected chi connectivity index (χ3v) is 3.16. The van der Waals surface area contributed by atoms with Crippen molar-refractivity contribution in [3.05, 3.63) is 24.3 Å². The SMILES string of the molecule is C#CCCCN(C)C(=O)/C=C\C=O.C#CCNC.O=CCCN1C(=O)C=CC1=O. The highest BCUT2D eigenvalue weighted by Crippen LogP contribution is 2.02. The Balaban J connectivity index is 0. The average molecular weight is 401 g/mol. The van der Waals surface area contributed by atoms with E-state index in [1.165, 1.54) is 29.2 Å². The summed E-state index contributed by atoms with van der Waals surface area (Å²) in [6, 6.07) is 0. The Hall–Kier alpha value is -3.49. The fourth-order valence-electron chi connectivity index (χ4n) is 1.71. The summed E-state index contributed by atoms with van der Waals surface area (Å²) in [5.41, 5.74) is 0. The van der Waals surface area contributed by atoms with E-state index in [1.54, 1.807) is 7.05 Å². The number of imide groups is 1. The predicted molar refractivity (Wildman–Crippen MR) is 110 cm³/mol. The summed E-state index contributed by atoms with van der Waals surface area (Å²) in [6.07, 6.45) is 17.6. The van der Waals surface area contributed by atoms with E-state index in [2.05, 4.69) is 17.2 Å². The fraction of sp³-hybridized carbons (Fsp3) is 0.381. The molecule has 0 aromatic carbocycles. The van der Waals surface area contributed by atoms with Crippen LogP contribution in [0.5, 0.6) is 0 Å². The molecule has 8 nitrogen and oxygen atoms in total. The summed E-state index contributed by atoms with van der Waals surface area (Å²) in [5.74, 6) is 4.05. The van der Waals surface area contributed by atoms with Gasteiger partial charge in [0.1, 0.15) is 12.6 Å². The van der Waals surface area contributed by atoms with E-state index in [9.17, 15) is 24.0 Å². The molecule has 1 aliphatic rings. The molecule has 0 spiro atoms. The Morgan fingerprint density at radius 2 is 1.83 bits per heavy atom. The Morgan fingerprint density at radius 3 is 2.24 bits per heavy atom. The lowest BCUT2D eigenvalue weighted by Crippen LogP contribution is -2.30. The number of hydrogen-bond acceptors (Lipinski definition) is 6. The van der Waals surface area contributed by atoms with E-state index in [0.717, 1.165) is 11.3 Å². The molecule has 0 aromatic heterocycles. The van der Waals surface area contributed by atoms with Gasteiger partial charge in [-0.3, -0.25) is 24.1 Å². The van der Waals surface area contributed by atoms with Crippen LogP contribution in [0.2, 0.25) is 0 Å². The molecule has 0 aliphatic carbocycles. The standard InChI is InChI=1S/C10H13NO2.C7H7NO3.C4H7N/c1-3-4-5-8-11(2)10(13)7-6-9-12;9-5-1-4-8-6(10)2-3-7(8)11;1-3-4-5-2/h1,6-7,9H,4-5,8H2,2H3;2-3,5H,1,4H2;1,5H,4H2,2H3/b7-6-;;. The molecule has 1 N–H and O–H groups in total. The second kappa shape index (κ2) is 19.3. The van der Waals surface area contributed by atoms with E-state index in [4.69, 9.17) is 12.8 Å². The van der Waals surface area contributed by atoms with Crippen LogP contribution < -0.4 is 5.32 Å². The van der Waals surface area contributed by atoms with E-state index < -0.39 is 0 Å². The summed E-state index contributed by atoms with van der Waals surface area (Å²) in [4.78, 5) is 55.1. The zero-order chi connectivity index (χ0) is 22.5. The zero-order valence-electron chi connectivity index (χ0n) is 16.8. The van der Waals surface area contributed by atoms with Crippen molar-refractivity contribution in [2.24, 2.45) is 0 Å². The topological polar surface area (TPSA) is 104 Å². The summed E-state index contributed by atoms with van der Waals surface area (Å²) >= 11 is 0. The van der Waals surface area contributed by atoms with Crippen LogP contribution in [-0.4, -0.2) is 73.8 Å². The number of hydrogen-bond donors (Lipinski definition) is 1. The van der Waals surface area contributed by atoms with Crippen molar-refractivity contribution >= 4 is 30.3 Å². The minimum absolute atomic E-state index is 0.177. The predicted octanol–water partition coefficient (Wildman–Crippen LogP) is -0.0473. The van der Waals surface area contributed by atoms with Crippen LogP contribution in [0.25, 0.3) is 0 Å². The number of nitrogens with one attached hydrogen (secondary N) is 1. The number of likely N-dealkylation sites (N-methyl/N-ethyl adjacent to an activating group) is 1. The first-order valence-corrected chi connectivity index (χ1v) is 8.75. The van der Waals surface area contributed by atoms with Gasteiger partial charge in [0.15, 0.2) is 0 Å². The number of unbranched alkanes of at least 4 members (excludes halogenated alkanes) is 1. The van der Waals surface area contributed by atoms with Gasteiger partial charge in [-0.05, 0) is 19.5 Å². The van der Waals surface area contributed by atoms with Gasteiger partial charge in [0, 0.05) is 51.2 Å². The van der Waals surface area contributed by atoms with Crippen LogP contribution in [0.4, 0.5) is 0 Å². The highest BCUT2D eigenvalue weighted by Gasteiger charge is 2.21. The first-order chi connectivity index (χ1) is 13.9. The lowest BCUT2D eigenvalue weighted by molar-refractivity contribution is -0.136. The number of carbonyl (C=O) groups excluding carboxylic acids is 5. The van der Waals surface area contributed by atoms with Gasteiger partial charge >= 0.3 is 0 Å². The Bertz CT molecular complexity index is 665. The zero-order valence-corrected chi connectivity index (χ0v) is 16.8. The molecule has 0 aromatic rings. The smallest absolute Gasteiger partial charge is 0.253 e. The van der Waals surface area contributed by atoms with Crippen LogP contribution in [-0.2, 0) is 24.0 Å². The highest BCUT2D eigenvalue weighted by atomic mass is 16.2. The molecule has 0 radical (unpaired) electrons. The highest BCUT2D eigenvalue weighted by molar-refractivity contribution is 6.12. The Labute approximate surface area is 172 Å². The molecule has 156 valence electrons. The van der Waals surface area contributed by atoms with Gasteiger partial charge < -0.3 is 15.0 Å². The molecular weight excluding hydrogens is 374 g/mol. The number of rotatable bonds is 9. The van der Waals surface area contributed by atoms with Crippen molar-refractivity contribution in [2.75, 3.05) is 33.7 Å². The maximum atomic E-state index is 11.1. The second-order valence-corrected chi connectivity index (χ2v) is 5.41. The first-order valence-electron chi connectivity index (χ1n) is 8.75. The molecule has 1 aliphatic heterocycles. The van der Waals surface area contributed by atoms with Crippen LogP contribution >= 0.6 is 0 Å². The molecule has 8 heteroatoms. The van der Waals surface area contributed by atoms with Crippen molar-refractivity contribution in [1.82, 2.24) is 15.1 Å². The number of nitrogens with zero attached hydrogens (tertiary/aromatic N) is 2. The molecule has 0 saturated carbocycles. The maximum Gasteiger partial charge on any atom is 0.253 e. The number of amides is 3. The molecule has 0 atom stereocenters. The van der Waals surface area contributed by atoms with Gasteiger partial charge in [0.05, 0.1) is 6.54 Å². The second-order valence-electron chi connectivity index (χ2n) is 5.41. The van der Waals surface area contributed by atoms with Crippen LogP contribution in [0, 0.1) is 24.7 Å². The normalized spacial score (nSPS) is 11.5. The van der Waals surface area contributed by atoms with E-state index >= 15 is 0 Å². The lowest BCUT2D eigenvalue weighted by atomic mass is 10.3. The summed E-state index contributed by atoms with van der Waals surface area (Å²) in [5, 5.41) is 2.78. The number of terminal acetylenes is 2. The Morgan fingerprint density at radius 1 is 1.21 bits per heavy atom. The number of carbonyl (C=O) groups is 5. The van der Waals surface area contributed by atoms with Crippen molar-refractivity contribution < 1.29 is 24.0 Å². The number of allylic oxidation sites excluding steroid dienone is 1. The average Bonchev–Trinajstić information content (AvgIpc) is 3.03. The van der Waals surface area contributed by atoms with E-state index in [0.29, 0.717) is 32.1 Å². The van der Waals surface area contributed by atoms with Gasteiger partial charge in [0.25, 0.3) is 11.8 Å². The van der Waals surface area contributed by atoms with E-state index in [1.807, 2.05) is 7.05 Å². The van der Waals surface area contributed by atoms with Gasteiger partial charge in [0.2, 0.25) is 5.91 Å². The largest absolute Gasteiger partial charge is 0.342 e. The maximum absolute atomic E-state index is 11.1. The van der Waals surface area contributed by atoms with Crippen molar-refractivity contribution in [1.29, 1.82) is 0 Å². The molecule has 1 rings (SSSR count). The molecule has 3 amide bonds. The molecule has 1 heterocycles. The van der Waals surface area contributed by atoms with Crippen molar-refractivity contribution in [3.63, 3.8) is 0 Å². The van der Waals surface area contributed by atoms with E-state index in [-0.39, 0.29) is 30.7 Å². The van der Waals surface area contributed by atoms with Crippen molar-refractivity contribution in [3.8, 4) is 24.7 Å². The molecule has 0 unspecified atom stereocenters. The minimum atomic E-state index is -0.336. The van der Waals surface area contributed by atoms with Crippen LogP contribution in [0.15, 0.2) is 24.3 Å². The molecule has 29 heavy (non-hydrogen) atoms. The first kappa shape index (κ1) is 27.7. The molecular formula is C21H27N3O5. The summed E-state index contributed by atoms with van der Waals surface area (Å²) in [7, 11) is 3.49. The van der Waals surface area contributed by atoms with Crippen molar-refractivity contribution in [2.45, 2.75) is 19.3 Å². The molecule has 0 saturated heterocycles. The molecule has 0 fully saturated rings. The number of aldehydes is 2. The Kier molecular flexibility index (Phi) is 18.4. The minimum Gasteiger partial charge on any atom is -0.342 e. The lowest BCUT2D eigenvalue weighted by Gasteiger charge is -2.13. The fourth-order valence-corrected chi connectivity index (χ4v) is 1.71. The van der Waals surface area contributed by atoms with Gasteiger partial charge in [-0.25, -0.2) is 0 Å². The third kappa shape index (κ3) is 15.3. The van der Waals surface area contributed by atoms with Gasteiger partial charge in [-0.15, -0.1) is 18.8 Å². The van der Waals surface area contributed by atoms with Crippen LogP contribution in [0.3, 0.4) is 0 Å².